The second-order valence-corrected chi connectivity index (χ2v) is 5.57. The minimum atomic E-state index is -0.856. The lowest BCUT2D eigenvalue weighted by Gasteiger charge is -2.27. The Bertz CT molecular complexity index is 524. The molecule has 2 rings (SSSR count). The highest BCUT2D eigenvalue weighted by molar-refractivity contribution is 5.95. The van der Waals surface area contributed by atoms with Crippen molar-refractivity contribution in [3.8, 4) is 0 Å². The number of carboxylic acid groups (broad SMARTS) is 1. The van der Waals surface area contributed by atoms with Crippen molar-refractivity contribution in [3.63, 3.8) is 0 Å². The summed E-state index contributed by atoms with van der Waals surface area (Å²) < 4.78 is 0. The summed E-state index contributed by atoms with van der Waals surface area (Å²) in [4.78, 5) is 23.6. The minimum Gasteiger partial charge on any atom is -0.481 e. The number of aliphatic carboxylic acids is 1. The number of carbonyl (C=O) groups excluding carboxylic acids is 1. The van der Waals surface area contributed by atoms with E-state index in [4.69, 9.17) is 0 Å². The van der Waals surface area contributed by atoms with Gasteiger partial charge < -0.3 is 10.4 Å². The van der Waals surface area contributed by atoms with E-state index in [9.17, 15) is 14.7 Å². The Balaban J connectivity index is 2.14. The predicted octanol–water partition coefficient (Wildman–Crippen LogP) is 3.13. The van der Waals surface area contributed by atoms with Gasteiger partial charge in [-0.25, -0.2) is 0 Å². The number of aryl methyl sites for hydroxylation is 1. The molecule has 2 N–H and O–H groups in total. The van der Waals surface area contributed by atoms with Crippen LogP contribution in [0.2, 0.25) is 0 Å². The van der Waals surface area contributed by atoms with Gasteiger partial charge in [-0.15, -0.1) is 0 Å². The van der Waals surface area contributed by atoms with Crippen molar-refractivity contribution < 1.29 is 14.7 Å². The Kier molecular flexibility index (Phi) is 4.42. The second-order valence-electron chi connectivity index (χ2n) is 5.57. The molecule has 0 spiro atoms. The van der Waals surface area contributed by atoms with E-state index in [1.807, 2.05) is 32.0 Å². The molecule has 4 nitrogen and oxygen atoms in total. The fourth-order valence-corrected chi connectivity index (χ4v) is 2.85. The monoisotopic (exact) mass is 275 g/mol. The molecule has 0 aliphatic heterocycles. The third-order valence-electron chi connectivity index (χ3n) is 4.28. The van der Waals surface area contributed by atoms with Crippen molar-refractivity contribution in [2.24, 2.45) is 11.8 Å². The van der Waals surface area contributed by atoms with Gasteiger partial charge in [0.05, 0.1) is 11.8 Å². The first-order chi connectivity index (χ1) is 9.50. The van der Waals surface area contributed by atoms with Crippen LogP contribution in [0.25, 0.3) is 0 Å². The Morgan fingerprint density at radius 2 is 1.80 bits per heavy atom. The van der Waals surface area contributed by atoms with Crippen LogP contribution in [-0.2, 0) is 9.59 Å². The quantitative estimate of drug-likeness (QED) is 0.890. The van der Waals surface area contributed by atoms with E-state index in [2.05, 4.69) is 5.32 Å². The molecule has 20 heavy (non-hydrogen) atoms. The number of carbonyl (C=O) groups is 2. The first-order valence-corrected chi connectivity index (χ1v) is 7.10. The summed E-state index contributed by atoms with van der Waals surface area (Å²) in [6.07, 6.45) is 3.08. The van der Waals surface area contributed by atoms with E-state index >= 15 is 0 Å². The first kappa shape index (κ1) is 14.6. The Hall–Kier alpha value is -1.84. The first-order valence-electron chi connectivity index (χ1n) is 7.10. The summed E-state index contributed by atoms with van der Waals surface area (Å²) in [6, 6.07) is 5.75. The third-order valence-corrected chi connectivity index (χ3v) is 4.28. The van der Waals surface area contributed by atoms with Crippen LogP contribution in [0.15, 0.2) is 18.2 Å². The van der Waals surface area contributed by atoms with Gasteiger partial charge in [0.25, 0.3) is 0 Å². The topological polar surface area (TPSA) is 66.4 Å². The van der Waals surface area contributed by atoms with E-state index in [1.165, 1.54) is 0 Å². The van der Waals surface area contributed by atoms with Gasteiger partial charge >= 0.3 is 5.97 Å². The molecule has 1 aliphatic rings. The van der Waals surface area contributed by atoms with Crippen molar-refractivity contribution >= 4 is 17.6 Å². The molecule has 0 aromatic heterocycles. The molecule has 2 atom stereocenters. The number of anilines is 1. The SMILES string of the molecule is Cc1cccc(NC(=O)C2CCCCC2C(=O)O)c1C. The van der Waals surface area contributed by atoms with Crippen LogP contribution in [0.4, 0.5) is 5.69 Å². The van der Waals surface area contributed by atoms with Crippen LogP contribution in [-0.4, -0.2) is 17.0 Å². The van der Waals surface area contributed by atoms with Crippen molar-refractivity contribution in [1.29, 1.82) is 0 Å². The largest absolute Gasteiger partial charge is 0.481 e. The maximum atomic E-state index is 12.4. The average molecular weight is 275 g/mol. The summed E-state index contributed by atoms with van der Waals surface area (Å²) in [5, 5.41) is 12.1. The maximum absolute atomic E-state index is 12.4. The van der Waals surface area contributed by atoms with Gasteiger partial charge in [-0.1, -0.05) is 25.0 Å². The molecule has 1 fully saturated rings. The molecule has 1 amide bonds. The molecule has 2 unspecified atom stereocenters. The van der Waals surface area contributed by atoms with Gasteiger partial charge in [0.1, 0.15) is 0 Å². The molecular formula is C16H21NO3. The molecule has 4 heteroatoms. The van der Waals surface area contributed by atoms with E-state index in [1.54, 1.807) is 0 Å². The lowest BCUT2D eigenvalue weighted by atomic mass is 9.78. The van der Waals surface area contributed by atoms with Gasteiger partial charge in [-0.3, -0.25) is 9.59 Å². The normalized spacial score (nSPS) is 22.3. The van der Waals surface area contributed by atoms with Crippen molar-refractivity contribution in [3.05, 3.63) is 29.3 Å². The summed E-state index contributed by atoms with van der Waals surface area (Å²) in [5.41, 5.74) is 2.93. The van der Waals surface area contributed by atoms with E-state index in [-0.39, 0.29) is 5.91 Å². The van der Waals surface area contributed by atoms with Gasteiger partial charge in [-0.05, 0) is 43.9 Å². The van der Waals surface area contributed by atoms with Gasteiger partial charge in [0.2, 0.25) is 5.91 Å². The fraction of sp³-hybridized carbons (Fsp3) is 0.500. The van der Waals surface area contributed by atoms with Crippen molar-refractivity contribution in [2.75, 3.05) is 5.32 Å². The smallest absolute Gasteiger partial charge is 0.307 e. The van der Waals surface area contributed by atoms with E-state index in [0.717, 1.165) is 29.7 Å². The van der Waals surface area contributed by atoms with Crippen LogP contribution in [0.5, 0.6) is 0 Å². The fourth-order valence-electron chi connectivity index (χ4n) is 2.85. The molecule has 1 aromatic carbocycles. The number of rotatable bonds is 3. The highest BCUT2D eigenvalue weighted by Crippen LogP contribution is 2.31. The molecule has 1 aliphatic carbocycles. The number of nitrogens with one attached hydrogen (secondary N) is 1. The maximum Gasteiger partial charge on any atom is 0.307 e. The summed E-state index contributed by atoms with van der Waals surface area (Å²) in [5.74, 6) is -1.98. The molecule has 0 bridgehead atoms. The molecule has 1 saturated carbocycles. The molecule has 108 valence electrons. The summed E-state index contributed by atoms with van der Waals surface area (Å²) in [7, 11) is 0. The Morgan fingerprint density at radius 1 is 1.15 bits per heavy atom. The van der Waals surface area contributed by atoms with Crippen molar-refractivity contribution in [2.45, 2.75) is 39.5 Å². The molecule has 0 saturated heterocycles. The van der Waals surface area contributed by atoms with Crippen molar-refractivity contribution in [1.82, 2.24) is 0 Å². The lowest BCUT2D eigenvalue weighted by molar-refractivity contribution is -0.147. The highest BCUT2D eigenvalue weighted by Gasteiger charge is 2.35. The summed E-state index contributed by atoms with van der Waals surface area (Å²) >= 11 is 0. The van der Waals surface area contributed by atoms with E-state index < -0.39 is 17.8 Å². The molecule has 1 aromatic rings. The summed E-state index contributed by atoms with van der Waals surface area (Å²) in [6.45, 7) is 3.95. The van der Waals surface area contributed by atoms with E-state index in [0.29, 0.717) is 12.8 Å². The highest BCUT2D eigenvalue weighted by atomic mass is 16.4. The number of hydrogen-bond acceptors (Lipinski definition) is 2. The predicted molar refractivity (Wildman–Crippen MR) is 77.6 cm³/mol. The zero-order chi connectivity index (χ0) is 14.7. The van der Waals surface area contributed by atoms with Crippen LogP contribution in [0.3, 0.4) is 0 Å². The number of hydrogen-bond donors (Lipinski definition) is 2. The van der Waals surface area contributed by atoms with Crippen LogP contribution < -0.4 is 5.32 Å². The molecular weight excluding hydrogens is 254 g/mol. The van der Waals surface area contributed by atoms with Gasteiger partial charge in [0.15, 0.2) is 0 Å². The Morgan fingerprint density at radius 3 is 2.45 bits per heavy atom. The van der Waals surface area contributed by atoms with Gasteiger partial charge in [-0.2, -0.15) is 0 Å². The second kappa shape index (κ2) is 6.07. The molecule has 0 radical (unpaired) electrons. The van der Waals surface area contributed by atoms with Gasteiger partial charge in [0, 0.05) is 5.69 Å². The van der Waals surface area contributed by atoms with Crippen LogP contribution in [0, 0.1) is 25.7 Å². The lowest BCUT2D eigenvalue weighted by Crippen LogP contribution is -2.36. The minimum absolute atomic E-state index is 0.161. The number of benzene rings is 1. The zero-order valence-corrected chi connectivity index (χ0v) is 12.0. The average Bonchev–Trinajstić information content (AvgIpc) is 2.43. The molecule has 0 heterocycles. The van der Waals surface area contributed by atoms with Crippen LogP contribution in [0.1, 0.15) is 36.8 Å². The third kappa shape index (κ3) is 3.00. The van der Waals surface area contributed by atoms with Crippen LogP contribution >= 0.6 is 0 Å². The number of carboxylic acids is 1. The number of amides is 1. The standard InChI is InChI=1S/C16H21NO3/c1-10-6-5-9-14(11(10)2)17-15(18)12-7-3-4-8-13(12)16(19)20/h5-6,9,12-13H,3-4,7-8H2,1-2H3,(H,17,18)(H,19,20). The Labute approximate surface area is 119 Å². The zero-order valence-electron chi connectivity index (χ0n) is 12.0.